The Hall–Kier alpha value is -0.990. The van der Waals surface area contributed by atoms with Gasteiger partial charge < -0.3 is 5.73 Å². The van der Waals surface area contributed by atoms with Crippen molar-refractivity contribution in [1.29, 1.82) is 0 Å². The second-order valence-electron chi connectivity index (χ2n) is 2.60. The quantitative estimate of drug-likeness (QED) is 0.769. The summed E-state index contributed by atoms with van der Waals surface area (Å²) in [4.78, 5) is 3.28. The van der Waals surface area contributed by atoms with Gasteiger partial charge in [0.1, 0.15) is 5.15 Å². The number of anilines is 1. The number of rotatable bonds is 2. The second kappa shape index (κ2) is 3.87. The second-order valence-corrected chi connectivity index (χ2v) is 4.46. The molecule has 1 heterocycles. The van der Waals surface area contributed by atoms with Crippen LogP contribution in [0.5, 0.6) is 0 Å². The molecule has 0 spiro atoms. The number of hydrogen-bond acceptors (Lipinski definition) is 4. The van der Waals surface area contributed by atoms with E-state index >= 15 is 0 Å². The molecule has 0 aromatic carbocycles. The van der Waals surface area contributed by atoms with E-state index in [1.54, 1.807) is 0 Å². The number of alkyl halides is 2. The fourth-order valence-electron chi connectivity index (χ4n) is 0.916. The Morgan fingerprint density at radius 3 is 2.40 bits per heavy atom. The first-order valence-corrected chi connectivity index (χ1v) is 5.42. The molecule has 0 aliphatic carbocycles. The van der Waals surface area contributed by atoms with Crippen LogP contribution in [0, 0.1) is 0 Å². The topological polar surface area (TPSA) is 99.1 Å². The number of nitrogens with two attached hydrogens (primary N) is 2. The van der Waals surface area contributed by atoms with Crippen LogP contribution >= 0.6 is 11.6 Å². The van der Waals surface area contributed by atoms with Crippen LogP contribution in [0.25, 0.3) is 0 Å². The Balaban J connectivity index is 3.56. The molecular formula is C6H6ClF2N3O2S. The summed E-state index contributed by atoms with van der Waals surface area (Å²) in [5.74, 6) is 0. The summed E-state index contributed by atoms with van der Waals surface area (Å²) in [7, 11) is -4.27. The molecule has 0 saturated heterocycles. The van der Waals surface area contributed by atoms with Gasteiger partial charge in [0, 0.05) is 5.56 Å². The number of sulfonamides is 1. The summed E-state index contributed by atoms with van der Waals surface area (Å²) < 4.78 is 46.6. The Kier molecular flexibility index (Phi) is 3.12. The predicted octanol–water partition coefficient (Wildman–Crippen LogP) is 0.902. The molecule has 0 atom stereocenters. The fourth-order valence-corrected chi connectivity index (χ4v) is 1.82. The molecule has 0 aliphatic heterocycles. The molecule has 0 bridgehead atoms. The predicted molar refractivity (Wildman–Crippen MR) is 50.0 cm³/mol. The number of primary sulfonamides is 1. The number of nitrogens with zero attached hydrogens (tertiary/aromatic N) is 1. The molecule has 9 heteroatoms. The molecule has 84 valence electrons. The van der Waals surface area contributed by atoms with Crippen molar-refractivity contribution in [2.45, 2.75) is 11.5 Å². The van der Waals surface area contributed by atoms with E-state index < -0.39 is 37.9 Å². The lowest BCUT2D eigenvalue weighted by molar-refractivity contribution is 0.152. The minimum Gasteiger partial charge on any atom is -0.396 e. The highest BCUT2D eigenvalue weighted by molar-refractivity contribution is 7.89. The highest BCUT2D eigenvalue weighted by Crippen LogP contribution is 2.30. The van der Waals surface area contributed by atoms with Gasteiger partial charge in [-0.1, -0.05) is 11.6 Å². The molecule has 0 saturated carbocycles. The van der Waals surface area contributed by atoms with E-state index in [9.17, 15) is 17.2 Å². The largest absolute Gasteiger partial charge is 0.396 e. The van der Waals surface area contributed by atoms with Gasteiger partial charge in [-0.05, 0) is 6.07 Å². The monoisotopic (exact) mass is 257 g/mol. The van der Waals surface area contributed by atoms with Crippen LogP contribution in [0.2, 0.25) is 5.15 Å². The molecule has 15 heavy (non-hydrogen) atoms. The summed E-state index contributed by atoms with van der Waals surface area (Å²) in [5.41, 5.74) is 3.79. The van der Waals surface area contributed by atoms with Crippen LogP contribution in [-0.2, 0) is 10.0 Å². The zero-order valence-corrected chi connectivity index (χ0v) is 8.69. The Morgan fingerprint density at radius 2 is 2.00 bits per heavy atom. The first-order chi connectivity index (χ1) is 6.73. The Labute approximate surface area is 89.1 Å². The van der Waals surface area contributed by atoms with Gasteiger partial charge in [-0.25, -0.2) is 27.3 Å². The maximum Gasteiger partial charge on any atom is 0.266 e. The van der Waals surface area contributed by atoms with Gasteiger partial charge in [0.2, 0.25) is 0 Å². The summed E-state index contributed by atoms with van der Waals surface area (Å²) in [5, 5.41) is 3.47. The Bertz CT molecular complexity index is 491. The van der Waals surface area contributed by atoms with Crippen molar-refractivity contribution < 1.29 is 17.2 Å². The van der Waals surface area contributed by atoms with Gasteiger partial charge in [-0.2, -0.15) is 0 Å². The van der Waals surface area contributed by atoms with Crippen LogP contribution in [-0.4, -0.2) is 13.4 Å². The number of pyridine rings is 1. The molecule has 5 nitrogen and oxygen atoms in total. The minimum atomic E-state index is -4.27. The summed E-state index contributed by atoms with van der Waals surface area (Å²) in [6.07, 6.45) is -2.95. The van der Waals surface area contributed by atoms with Crippen LogP contribution in [0.1, 0.15) is 12.0 Å². The van der Waals surface area contributed by atoms with Crippen LogP contribution < -0.4 is 10.9 Å². The molecule has 0 radical (unpaired) electrons. The van der Waals surface area contributed by atoms with Gasteiger partial charge >= 0.3 is 0 Å². The molecule has 0 amide bonds. The van der Waals surface area contributed by atoms with Crippen LogP contribution in [0.15, 0.2) is 11.1 Å². The molecule has 0 unspecified atom stereocenters. The molecule has 4 N–H and O–H groups in total. The SMILES string of the molecule is Nc1c(C(F)F)cc(Cl)nc1S(N)(=O)=O. The van der Waals surface area contributed by atoms with Gasteiger partial charge in [-0.3, -0.25) is 0 Å². The molecular weight excluding hydrogens is 252 g/mol. The maximum atomic E-state index is 12.4. The molecule has 1 aromatic rings. The normalized spacial score (nSPS) is 12.1. The molecule has 0 aliphatic rings. The summed E-state index contributed by atoms with van der Waals surface area (Å²) >= 11 is 5.35. The van der Waals surface area contributed by atoms with Gasteiger partial charge in [-0.15, -0.1) is 0 Å². The van der Waals surface area contributed by atoms with E-state index in [1.165, 1.54) is 0 Å². The lowest BCUT2D eigenvalue weighted by atomic mass is 10.2. The van der Waals surface area contributed by atoms with Crippen molar-refractivity contribution in [2.75, 3.05) is 5.73 Å². The fraction of sp³-hybridized carbons (Fsp3) is 0.167. The molecule has 0 fully saturated rings. The summed E-state index contributed by atoms with van der Waals surface area (Å²) in [6, 6.07) is 0.788. The van der Waals surface area contributed by atoms with Gasteiger partial charge in [0.15, 0.2) is 5.03 Å². The van der Waals surface area contributed by atoms with E-state index in [0.717, 1.165) is 6.07 Å². The first kappa shape index (κ1) is 12.1. The molecule has 1 aromatic heterocycles. The van der Waals surface area contributed by atoms with E-state index in [2.05, 4.69) is 4.98 Å². The van der Waals surface area contributed by atoms with E-state index in [1.807, 2.05) is 0 Å². The van der Waals surface area contributed by atoms with Crippen molar-refractivity contribution in [3.05, 3.63) is 16.8 Å². The number of nitrogen functional groups attached to an aromatic ring is 1. The van der Waals surface area contributed by atoms with E-state index in [4.69, 9.17) is 22.5 Å². The minimum absolute atomic E-state index is 0.413. The third kappa shape index (κ3) is 2.52. The smallest absolute Gasteiger partial charge is 0.266 e. The van der Waals surface area contributed by atoms with Crippen molar-refractivity contribution in [3.8, 4) is 0 Å². The molecule has 1 rings (SSSR count). The average molecular weight is 258 g/mol. The number of aromatic nitrogens is 1. The zero-order chi connectivity index (χ0) is 11.8. The maximum absolute atomic E-state index is 12.4. The highest BCUT2D eigenvalue weighted by atomic mass is 35.5. The zero-order valence-electron chi connectivity index (χ0n) is 7.12. The van der Waals surface area contributed by atoms with E-state index in [0.29, 0.717) is 0 Å². The number of halogens is 3. The van der Waals surface area contributed by atoms with Crippen molar-refractivity contribution in [2.24, 2.45) is 5.14 Å². The Morgan fingerprint density at radius 1 is 1.47 bits per heavy atom. The summed E-state index contributed by atoms with van der Waals surface area (Å²) in [6.45, 7) is 0. The van der Waals surface area contributed by atoms with E-state index in [-0.39, 0.29) is 0 Å². The third-order valence-corrected chi connectivity index (χ3v) is 2.57. The van der Waals surface area contributed by atoms with Crippen LogP contribution in [0.4, 0.5) is 14.5 Å². The highest BCUT2D eigenvalue weighted by Gasteiger charge is 2.22. The van der Waals surface area contributed by atoms with Crippen molar-refractivity contribution >= 4 is 27.3 Å². The van der Waals surface area contributed by atoms with Gasteiger partial charge in [0.05, 0.1) is 5.69 Å². The van der Waals surface area contributed by atoms with Crippen LogP contribution in [0.3, 0.4) is 0 Å². The standard InChI is InChI=1S/C6H6ClF2N3O2S/c7-3-1-2(5(8)9)4(10)6(12-3)15(11,13)14/h1,5H,10H2,(H2,11,13,14). The van der Waals surface area contributed by atoms with Crippen molar-refractivity contribution in [3.63, 3.8) is 0 Å². The van der Waals surface area contributed by atoms with Gasteiger partial charge in [0.25, 0.3) is 16.4 Å². The third-order valence-electron chi connectivity index (χ3n) is 1.53. The lowest BCUT2D eigenvalue weighted by Gasteiger charge is -2.08. The van der Waals surface area contributed by atoms with Crippen molar-refractivity contribution in [1.82, 2.24) is 4.98 Å². The first-order valence-electron chi connectivity index (χ1n) is 3.50. The number of hydrogen-bond donors (Lipinski definition) is 2. The lowest BCUT2D eigenvalue weighted by Crippen LogP contribution is -2.17. The average Bonchev–Trinajstić information content (AvgIpc) is 2.06.